The SMILES string of the molecule is Cc1ccc(C=C2SC(=S)N(/N=C/c3cc([N+](=O)[O-])ccc3O)C2=O)o1. The van der Waals surface area contributed by atoms with Gasteiger partial charge in [-0.15, -0.1) is 0 Å². The zero-order valence-electron chi connectivity index (χ0n) is 13.3. The number of rotatable bonds is 4. The summed E-state index contributed by atoms with van der Waals surface area (Å²) in [6, 6.07) is 7.00. The predicted molar refractivity (Wildman–Crippen MR) is 101 cm³/mol. The van der Waals surface area contributed by atoms with Crippen molar-refractivity contribution in [1.29, 1.82) is 0 Å². The molecular weight excluding hydrogens is 378 g/mol. The first-order valence-electron chi connectivity index (χ1n) is 7.21. The number of phenolic OH excluding ortho intramolecular Hbond substituents is 1. The molecule has 1 aromatic carbocycles. The number of carbonyl (C=O) groups excluding carboxylic acids is 1. The summed E-state index contributed by atoms with van der Waals surface area (Å²) in [5, 5.41) is 25.6. The Morgan fingerprint density at radius 1 is 1.38 bits per heavy atom. The van der Waals surface area contributed by atoms with E-state index in [0.717, 1.165) is 29.1 Å². The second-order valence-corrected chi connectivity index (χ2v) is 6.86. The number of aryl methyl sites for hydroxylation is 1. The van der Waals surface area contributed by atoms with Crippen LogP contribution in [0.4, 0.5) is 5.69 Å². The summed E-state index contributed by atoms with van der Waals surface area (Å²) in [6.45, 7) is 1.79. The highest BCUT2D eigenvalue weighted by Crippen LogP contribution is 2.33. The van der Waals surface area contributed by atoms with Gasteiger partial charge in [-0.25, -0.2) is 0 Å². The van der Waals surface area contributed by atoms with Gasteiger partial charge < -0.3 is 9.52 Å². The number of benzene rings is 1. The average Bonchev–Trinajstić information content (AvgIpc) is 3.11. The molecule has 132 valence electrons. The number of non-ortho nitro benzene ring substituents is 1. The van der Waals surface area contributed by atoms with Gasteiger partial charge in [0.15, 0.2) is 4.32 Å². The Labute approximate surface area is 156 Å². The van der Waals surface area contributed by atoms with Crippen LogP contribution < -0.4 is 0 Å². The van der Waals surface area contributed by atoms with Gasteiger partial charge >= 0.3 is 0 Å². The highest BCUT2D eigenvalue weighted by Gasteiger charge is 2.32. The molecule has 1 saturated heterocycles. The van der Waals surface area contributed by atoms with Crippen LogP contribution in [0.1, 0.15) is 17.1 Å². The number of nitro benzene ring substituents is 1. The normalized spacial score (nSPS) is 16.2. The van der Waals surface area contributed by atoms with Gasteiger partial charge in [0, 0.05) is 23.8 Å². The lowest BCUT2D eigenvalue weighted by atomic mass is 10.2. The Bertz CT molecular complexity index is 980. The fourth-order valence-corrected chi connectivity index (χ4v) is 3.25. The lowest BCUT2D eigenvalue weighted by molar-refractivity contribution is -0.384. The van der Waals surface area contributed by atoms with Crippen molar-refractivity contribution >= 4 is 52.2 Å². The predicted octanol–water partition coefficient (Wildman–Crippen LogP) is 3.44. The molecule has 3 rings (SSSR count). The Balaban J connectivity index is 1.84. The minimum atomic E-state index is -0.593. The zero-order chi connectivity index (χ0) is 18.8. The number of hydrogen-bond donors (Lipinski definition) is 1. The number of nitrogens with zero attached hydrogens (tertiary/aromatic N) is 3. The molecule has 8 nitrogen and oxygen atoms in total. The summed E-state index contributed by atoms with van der Waals surface area (Å²) in [5.41, 5.74) is -0.110. The van der Waals surface area contributed by atoms with Crippen LogP contribution in [0.3, 0.4) is 0 Å². The van der Waals surface area contributed by atoms with Crippen molar-refractivity contribution in [2.75, 3.05) is 0 Å². The van der Waals surface area contributed by atoms with Gasteiger partial charge in [0.1, 0.15) is 17.3 Å². The number of hydrogen-bond acceptors (Lipinski definition) is 8. The molecule has 0 bridgehead atoms. The van der Waals surface area contributed by atoms with E-state index >= 15 is 0 Å². The molecule has 1 N–H and O–H groups in total. The van der Waals surface area contributed by atoms with E-state index in [1.165, 1.54) is 12.1 Å². The molecule has 2 heterocycles. The van der Waals surface area contributed by atoms with Gasteiger partial charge in [-0.2, -0.15) is 10.1 Å². The number of hydrazone groups is 1. The number of carbonyl (C=O) groups is 1. The largest absolute Gasteiger partial charge is 0.507 e. The quantitative estimate of drug-likeness (QED) is 0.280. The molecule has 1 amide bonds. The Morgan fingerprint density at radius 2 is 2.15 bits per heavy atom. The number of nitro groups is 1. The highest BCUT2D eigenvalue weighted by atomic mass is 32.2. The van der Waals surface area contributed by atoms with Crippen LogP contribution >= 0.6 is 24.0 Å². The van der Waals surface area contributed by atoms with Crippen LogP contribution in [-0.4, -0.2) is 31.5 Å². The van der Waals surface area contributed by atoms with Crippen LogP contribution in [0.5, 0.6) is 5.75 Å². The third-order valence-electron chi connectivity index (χ3n) is 3.34. The molecule has 1 aliphatic heterocycles. The highest BCUT2D eigenvalue weighted by molar-refractivity contribution is 8.26. The van der Waals surface area contributed by atoms with Crippen LogP contribution in [-0.2, 0) is 4.79 Å². The van der Waals surface area contributed by atoms with Gasteiger partial charge in [-0.3, -0.25) is 14.9 Å². The van der Waals surface area contributed by atoms with E-state index in [1.54, 1.807) is 25.1 Å². The van der Waals surface area contributed by atoms with E-state index in [1.807, 2.05) is 0 Å². The zero-order valence-corrected chi connectivity index (χ0v) is 14.9. The molecule has 1 aliphatic rings. The summed E-state index contributed by atoms with van der Waals surface area (Å²) in [5.74, 6) is 0.579. The Morgan fingerprint density at radius 3 is 2.81 bits per heavy atom. The van der Waals surface area contributed by atoms with Crippen molar-refractivity contribution in [2.24, 2.45) is 5.10 Å². The van der Waals surface area contributed by atoms with Crippen LogP contribution in [0, 0.1) is 17.0 Å². The van der Waals surface area contributed by atoms with Crippen molar-refractivity contribution < 1.29 is 19.2 Å². The van der Waals surface area contributed by atoms with Crippen molar-refractivity contribution in [1.82, 2.24) is 5.01 Å². The van der Waals surface area contributed by atoms with Crippen molar-refractivity contribution in [2.45, 2.75) is 6.92 Å². The van der Waals surface area contributed by atoms with Crippen LogP contribution in [0.15, 0.2) is 44.8 Å². The summed E-state index contributed by atoms with van der Waals surface area (Å²) in [4.78, 5) is 23.0. The first kappa shape index (κ1) is 17.8. The number of thioether (sulfide) groups is 1. The minimum Gasteiger partial charge on any atom is -0.507 e. The van der Waals surface area contributed by atoms with Crippen LogP contribution in [0.2, 0.25) is 0 Å². The molecule has 26 heavy (non-hydrogen) atoms. The monoisotopic (exact) mass is 389 g/mol. The first-order chi connectivity index (χ1) is 12.3. The molecule has 1 fully saturated rings. The van der Waals surface area contributed by atoms with E-state index in [9.17, 15) is 20.0 Å². The van der Waals surface area contributed by atoms with E-state index in [0.29, 0.717) is 16.4 Å². The van der Waals surface area contributed by atoms with Gasteiger partial charge in [0.2, 0.25) is 0 Å². The molecule has 0 unspecified atom stereocenters. The average molecular weight is 389 g/mol. The fraction of sp³-hybridized carbons (Fsp3) is 0.0625. The molecule has 0 saturated carbocycles. The molecule has 10 heteroatoms. The lowest BCUT2D eigenvalue weighted by Crippen LogP contribution is -2.22. The summed E-state index contributed by atoms with van der Waals surface area (Å²) in [6.07, 6.45) is 2.71. The fourth-order valence-electron chi connectivity index (χ4n) is 2.10. The lowest BCUT2D eigenvalue weighted by Gasteiger charge is -2.06. The molecule has 0 atom stereocenters. The maximum Gasteiger partial charge on any atom is 0.286 e. The topological polar surface area (TPSA) is 109 Å². The Kier molecular flexibility index (Phi) is 4.87. The number of aromatic hydroxyl groups is 1. The number of amides is 1. The van der Waals surface area contributed by atoms with E-state index in [-0.39, 0.29) is 21.3 Å². The Hall–Kier alpha value is -2.98. The second-order valence-electron chi connectivity index (χ2n) is 5.19. The molecule has 2 aromatic rings. The standard InChI is InChI=1S/C16H11N3O5S2/c1-9-2-4-12(24-9)7-14-15(21)18(16(25)26-14)17-8-10-6-11(19(22)23)3-5-13(10)20/h2-8,20H,1H3/b14-7?,17-8+. The summed E-state index contributed by atoms with van der Waals surface area (Å²) >= 11 is 6.20. The second kappa shape index (κ2) is 7.10. The van der Waals surface area contributed by atoms with E-state index in [2.05, 4.69) is 5.10 Å². The first-order valence-corrected chi connectivity index (χ1v) is 8.43. The van der Waals surface area contributed by atoms with Gasteiger partial charge in [-0.05, 0) is 37.3 Å². The van der Waals surface area contributed by atoms with E-state index in [4.69, 9.17) is 16.6 Å². The summed E-state index contributed by atoms with van der Waals surface area (Å²) < 4.78 is 5.61. The van der Waals surface area contributed by atoms with Gasteiger partial charge in [0.25, 0.3) is 11.6 Å². The number of phenols is 1. The number of furan rings is 1. The molecular formula is C16H11N3O5S2. The third-order valence-corrected chi connectivity index (χ3v) is 4.62. The third kappa shape index (κ3) is 3.65. The maximum absolute atomic E-state index is 12.4. The van der Waals surface area contributed by atoms with E-state index < -0.39 is 10.8 Å². The van der Waals surface area contributed by atoms with Crippen molar-refractivity contribution in [3.05, 3.63) is 62.4 Å². The molecule has 0 aliphatic carbocycles. The maximum atomic E-state index is 12.4. The van der Waals surface area contributed by atoms with Crippen molar-refractivity contribution in [3.63, 3.8) is 0 Å². The van der Waals surface area contributed by atoms with Crippen LogP contribution in [0.25, 0.3) is 6.08 Å². The molecule has 0 spiro atoms. The molecule has 1 aromatic heterocycles. The minimum absolute atomic E-state index is 0.0962. The van der Waals surface area contributed by atoms with Gasteiger partial charge in [0.05, 0.1) is 16.0 Å². The molecule has 0 radical (unpaired) electrons. The smallest absolute Gasteiger partial charge is 0.286 e. The number of thiocarbonyl (C=S) groups is 1. The van der Waals surface area contributed by atoms with Gasteiger partial charge in [-0.1, -0.05) is 11.8 Å². The summed E-state index contributed by atoms with van der Waals surface area (Å²) in [7, 11) is 0. The van der Waals surface area contributed by atoms with Crippen molar-refractivity contribution in [3.8, 4) is 5.75 Å².